The lowest BCUT2D eigenvalue weighted by atomic mass is 10.0. The standard InChI is InChI=1S/C17H15FO4/c1-2-6-14(19)12-9-10-13(17(20)21)16(15(12)18)22-11-7-4-3-5-8-11/h3-5,7-10H,2,6H2,1H3,(H,20,21). The molecule has 114 valence electrons. The molecule has 2 aromatic carbocycles. The van der Waals surface area contributed by atoms with E-state index in [1.165, 1.54) is 12.1 Å². The summed E-state index contributed by atoms with van der Waals surface area (Å²) in [7, 11) is 0. The fraction of sp³-hybridized carbons (Fsp3) is 0.176. The van der Waals surface area contributed by atoms with E-state index in [2.05, 4.69) is 0 Å². The minimum absolute atomic E-state index is 0.155. The van der Waals surface area contributed by atoms with Crippen molar-refractivity contribution in [2.75, 3.05) is 0 Å². The van der Waals surface area contributed by atoms with Crippen LogP contribution >= 0.6 is 0 Å². The molecule has 2 rings (SSSR count). The van der Waals surface area contributed by atoms with Gasteiger partial charge in [-0.25, -0.2) is 9.18 Å². The molecule has 0 aromatic heterocycles. The van der Waals surface area contributed by atoms with Crippen molar-refractivity contribution in [3.8, 4) is 11.5 Å². The Balaban J connectivity index is 2.50. The first-order valence-corrected chi connectivity index (χ1v) is 6.86. The Morgan fingerprint density at radius 3 is 2.32 bits per heavy atom. The molecular formula is C17H15FO4. The molecule has 0 aliphatic heterocycles. The quantitative estimate of drug-likeness (QED) is 0.808. The second-order valence-corrected chi connectivity index (χ2v) is 4.70. The fourth-order valence-corrected chi connectivity index (χ4v) is 2.01. The molecule has 22 heavy (non-hydrogen) atoms. The molecule has 2 aromatic rings. The second kappa shape index (κ2) is 6.85. The van der Waals surface area contributed by atoms with Crippen molar-refractivity contribution in [3.63, 3.8) is 0 Å². The van der Waals surface area contributed by atoms with Gasteiger partial charge in [-0.3, -0.25) is 4.79 Å². The number of aromatic carboxylic acids is 1. The first-order chi connectivity index (χ1) is 10.5. The van der Waals surface area contributed by atoms with Gasteiger partial charge < -0.3 is 9.84 Å². The van der Waals surface area contributed by atoms with Crippen LogP contribution in [0.2, 0.25) is 0 Å². The number of ketones is 1. The number of carbonyl (C=O) groups is 2. The Labute approximate surface area is 127 Å². The molecule has 1 N–H and O–H groups in total. The second-order valence-electron chi connectivity index (χ2n) is 4.70. The van der Waals surface area contributed by atoms with Crippen molar-refractivity contribution < 1.29 is 23.8 Å². The van der Waals surface area contributed by atoms with Crippen LogP contribution in [-0.2, 0) is 0 Å². The highest BCUT2D eigenvalue weighted by molar-refractivity contribution is 5.99. The molecule has 0 aliphatic carbocycles. The molecule has 0 saturated heterocycles. The lowest BCUT2D eigenvalue weighted by Crippen LogP contribution is -2.08. The minimum atomic E-state index is -1.32. The van der Waals surface area contributed by atoms with Crippen molar-refractivity contribution in [1.82, 2.24) is 0 Å². The molecular weight excluding hydrogens is 287 g/mol. The van der Waals surface area contributed by atoms with Gasteiger partial charge in [-0.05, 0) is 30.7 Å². The van der Waals surface area contributed by atoms with Crippen molar-refractivity contribution in [3.05, 3.63) is 59.4 Å². The Kier molecular flexibility index (Phi) is 4.88. The van der Waals surface area contributed by atoms with Crippen molar-refractivity contribution in [1.29, 1.82) is 0 Å². The highest BCUT2D eigenvalue weighted by Gasteiger charge is 2.23. The summed E-state index contributed by atoms with van der Waals surface area (Å²) in [6.07, 6.45) is 0.766. The van der Waals surface area contributed by atoms with E-state index in [0.717, 1.165) is 0 Å². The smallest absolute Gasteiger partial charge is 0.339 e. The van der Waals surface area contributed by atoms with Gasteiger partial charge >= 0.3 is 5.97 Å². The number of carboxylic acid groups (broad SMARTS) is 1. The Bertz CT molecular complexity index is 695. The number of para-hydroxylation sites is 1. The zero-order chi connectivity index (χ0) is 16.1. The predicted molar refractivity (Wildman–Crippen MR) is 79.1 cm³/mol. The first kappa shape index (κ1) is 15.7. The van der Waals surface area contributed by atoms with Crippen LogP contribution in [-0.4, -0.2) is 16.9 Å². The summed E-state index contributed by atoms with van der Waals surface area (Å²) in [4.78, 5) is 23.1. The van der Waals surface area contributed by atoms with Gasteiger partial charge in [0.05, 0.1) is 5.56 Å². The van der Waals surface area contributed by atoms with Gasteiger partial charge in [-0.2, -0.15) is 0 Å². The average molecular weight is 302 g/mol. The molecule has 0 heterocycles. The number of hydrogen-bond donors (Lipinski definition) is 1. The monoisotopic (exact) mass is 302 g/mol. The van der Waals surface area contributed by atoms with Crippen LogP contribution in [0.1, 0.15) is 40.5 Å². The number of benzene rings is 2. The number of hydrogen-bond acceptors (Lipinski definition) is 3. The number of carboxylic acids is 1. The van der Waals surface area contributed by atoms with Gasteiger partial charge in [-0.1, -0.05) is 25.1 Å². The van der Waals surface area contributed by atoms with E-state index in [4.69, 9.17) is 9.84 Å². The van der Waals surface area contributed by atoms with Crippen LogP contribution in [0.25, 0.3) is 0 Å². The lowest BCUT2D eigenvalue weighted by Gasteiger charge is -2.12. The summed E-state index contributed by atoms with van der Waals surface area (Å²) in [5.74, 6) is -2.79. The highest BCUT2D eigenvalue weighted by atomic mass is 19.1. The number of Topliss-reactive ketones (excluding diaryl/α,β-unsaturated/α-hetero) is 1. The zero-order valence-corrected chi connectivity index (χ0v) is 12.0. The van der Waals surface area contributed by atoms with Crippen LogP contribution in [0.4, 0.5) is 4.39 Å². The van der Waals surface area contributed by atoms with E-state index in [0.29, 0.717) is 12.2 Å². The lowest BCUT2D eigenvalue weighted by molar-refractivity contribution is 0.0692. The van der Waals surface area contributed by atoms with Crippen molar-refractivity contribution in [2.24, 2.45) is 0 Å². The summed E-state index contributed by atoms with van der Waals surface area (Å²) >= 11 is 0. The molecule has 0 aliphatic rings. The van der Waals surface area contributed by atoms with Crippen LogP contribution in [0, 0.1) is 5.82 Å². The topological polar surface area (TPSA) is 63.6 Å². The molecule has 0 spiro atoms. The number of ether oxygens (including phenoxy) is 1. The van der Waals surface area contributed by atoms with Gasteiger partial charge in [0, 0.05) is 6.42 Å². The number of rotatable bonds is 6. The first-order valence-electron chi connectivity index (χ1n) is 6.86. The third kappa shape index (κ3) is 3.31. The Hall–Kier alpha value is -2.69. The van der Waals surface area contributed by atoms with E-state index in [-0.39, 0.29) is 23.3 Å². The van der Waals surface area contributed by atoms with E-state index in [1.54, 1.807) is 30.3 Å². The maximum absolute atomic E-state index is 14.5. The SMILES string of the molecule is CCCC(=O)c1ccc(C(=O)O)c(Oc2ccccc2)c1F. The molecule has 0 amide bonds. The van der Waals surface area contributed by atoms with Crippen LogP contribution in [0.5, 0.6) is 11.5 Å². The summed E-state index contributed by atoms with van der Waals surface area (Å²) < 4.78 is 19.9. The maximum atomic E-state index is 14.5. The van der Waals surface area contributed by atoms with Gasteiger partial charge in [0.1, 0.15) is 11.3 Å². The molecule has 0 saturated carbocycles. The predicted octanol–water partition coefficient (Wildman–Crippen LogP) is 4.30. The molecule has 5 heteroatoms. The number of halogens is 1. The van der Waals surface area contributed by atoms with Gasteiger partial charge in [0.15, 0.2) is 17.3 Å². The Morgan fingerprint density at radius 1 is 1.09 bits per heavy atom. The molecule has 4 nitrogen and oxygen atoms in total. The molecule has 0 bridgehead atoms. The largest absolute Gasteiger partial charge is 0.478 e. The van der Waals surface area contributed by atoms with Crippen LogP contribution in [0.3, 0.4) is 0 Å². The zero-order valence-electron chi connectivity index (χ0n) is 12.0. The van der Waals surface area contributed by atoms with Crippen LogP contribution < -0.4 is 4.74 Å². The average Bonchev–Trinajstić information content (AvgIpc) is 2.50. The minimum Gasteiger partial charge on any atom is -0.478 e. The molecule has 0 fully saturated rings. The van der Waals surface area contributed by atoms with E-state index in [1.807, 2.05) is 6.92 Å². The fourth-order valence-electron chi connectivity index (χ4n) is 2.01. The van der Waals surface area contributed by atoms with Crippen molar-refractivity contribution in [2.45, 2.75) is 19.8 Å². The van der Waals surface area contributed by atoms with Gasteiger partial charge in [0.25, 0.3) is 0 Å². The maximum Gasteiger partial charge on any atom is 0.339 e. The summed E-state index contributed by atoms with van der Waals surface area (Å²) in [6.45, 7) is 1.81. The Morgan fingerprint density at radius 2 is 1.73 bits per heavy atom. The van der Waals surface area contributed by atoms with E-state index in [9.17, 15) is 14.0 Å². The van der Waals surface area contributed by atoms with Gasteiger partial charge in [-0.15, -0.1) is 0 Å². The summed E-state index contributed by atoms with van der Waals surface area (Å²) in [6, 6.07) is 10.6. The van der Waals surface area contributed by atoms with E-state index < -0.39 is 17.5 Å². The van der Waals surface area contributed by atoms with Gasteiger partial charge in [0.2, 0.25) is 0 Å². The third-order valence-electron chi connectivity index (χ3n) is 3.07. The normalized spacial score (nSPS) is 10.3. The third-order valence-corrected chi connectivity index (χ3v) is 3.07. The highest BCUT2D eigenvalue weighted by Crippen LogP contribution is 2.31. The van der Waals surface area contributed by atoms with E-state index >= 15 is 0 Å². The molecule has 0 atom stereocenters. The summed E-state index contributed by atoms with van der Waals surface area (Å²) in [5.41, 5.74) is -0.479. The molecule has 0 radical (unpaired) electrons. The van der Waals surface area contributed by atoms with Crippen LogP contribution in [0.15, 0.2) is 42.5 Å². The molecule has 0 unspecified atom stereocenters. The summed E-state index contributed by atoms with van der Waals surface area (Å²) in [5, 5.41) is 9.17. The van der Waals surface area contributed by atoms with Crippen molar-refractivity contribution >= 4 is 11.8 Å². The number of carbonyl (C=O) groups excluding carboxylic acids is 1.